The van der Waals surface area contributed by atoms with Crippen LogP contribution in [-0.2, 0) is 23.8 Å². The lowest BCUT2D eigenvalue weighted by atomic mass is 10.1. The SMILES string of the molecule is CC1(C)OC(=O)C=C(c2cccc(-c3cncs3)c2)O1.CCOC=O. The lowest BCUT2D eigenvalue weighted by molar-refractivity contribution is -0.193. The molecule has 0 fully saturated rings. The number of esters is 1. The summed E-state index contributed by atoms with van der Waals surface area (Å²) in [7, 11) is 0. The zero-order valence-corrected chi connectivity index (χ0v) is 15.0. The van der Waals surface area contributed by atoms with Gasteiger partial charge in [0.15, 0.2) is 0 Å². The van der Waals surface area contributed by atoms with E-state index in [1.54, 1.807) is 37.6 Å². The first-order valence-corrected chi connectivity index (χ1v) is 8.51. The molecular formula is C18H19NO5S. The number of carbonyl (C=O) groups is 2. The molecule has 0 aliphatic carbocycles. The molecule has 7 heteroatoms. The molecule has 1 aliphatic rings. The minimum absolute atomic E-state index is 0.389. The van der Waals surface area contributed by atoms with Gasteiger partial charge in [-0.15, -0.1) is 11.3 Å². The molecule has 1 aliphatic heterocycles. The van der Waals surface area contributed by atoms with E-state index >= 15 is 0 Å². The van der Waals surface area contributed by atoms with Crippen LogP contribution in [0.2, 0.25) is 0 Å². The van der Waals surface area contributed by atoms with E-state index in [1.165, 1.54) is 6.08 Å². The van der Waals surface area contributed by atoms with Crippen LogP contribution in [0.4, 0.5) is 0 Å². The minimum atomic E-state index is -0.943. The fraction of sp³-hybridized carbons (Fsp3) is 0.278. The Kier molecular flexibility index (Phi) is 6.30. The van der Waals surface area contributed by atoms with Gasteiger partial charge in [-0.05, 0) is 18.6 Å². The molecular weight excluding hydrogens is 342 g/mol. The fourth-order valence-electron chi connectivity index (χ4n) is 2.09. The van der Waals surface area contributed by atoms with E-state index in [0.717, 1.165) is 16.0 Å². The Morgan fingerprint density at radius 3 is 2.60 bits per heavy atom. The molecule has 0 bridgehead atoms. The van der Waals surface area contributed by atoms with Gasteiger partial charge in [0.1, 0.15) is 5.76 Å². The van der Waals surface area contributed by atoms with Crippen LogP contribution >= 0.6 is 11.3 Å². The molecule has 0 amide bonds. The van der Waals surface area contributed by atoms with E-state index in [0.29, 0.717) is 18.8 Å². The topological polar surface area (TPSA) is 74.7 Å². The number of nitrogens with zero attached hydrogens (tertiary/aromatic N) is 1. The van der Waals surface area contributed by atoms with Crippen molar-refractivity contribution in [3.05, 3.63) is 47.6 Å². The maximum Gasteiger partial charge on any atom is 0.337 e. The summed E-state index contributed by atoms with van der Waals surface area (Å²) in [4.78, 5) is 25.9. The van der Waals surface area contributed by atoms with Crippen LogP contribution in [-0.4, -0.2) is 29.8 Å². The first kappa shape index (κ1) is 18.7. The second-order valence-electron chi connectivity index (χ2n) is 5.43. The first-order chi connectivity index (χ1) is 11.9. The Balaban J connectivity index is 0.000000399. The van der Waals surface area contributed by atoms with E-state index in [2.05, 4.69) is 9.72 Å². The molecule has 3 rings (SSSR count). The summed E-state index contributed by atoms with van der Waals surface area (Å²) in [5.74, 6) is -0.807. The first-order valence-electron chi connectivity index (χ1n) is 7.63. The molecule has 2 aromatic rings. The summed E-state index contributed by atoms with van der Waals surface area (Å²) in [5.41, 5.74) is 3.69. The maximum absolute atomic E-state index is 11.6. The van der Waals surface area contributed by atoms with Crippen LogP contribution in [0.5, 0.6) is 0 Å². The van der Waals surface area contributed by atoms with Gasteiger partial charge < -0.3 is 14.2 Å². The van der Waals surface area contributed by atoms with Crippen LogP contribution in [0.3, 0.4) is 0 Å². The molecule has 0 atom stereocenters. The van der Waals surface area contributed by atoms with E-state index in [9.17, 15) is 9.59 Å². The lowest BCUT2D eigenvalue weighted by Gasteiger charge is -2.30. The van der Waals surface area contributed by atoms with Gasteiger partial charge in [-0.1, -0.05) is 18.2 Å². The molecule has 6 nitrogen and oxygen atoms in total. The summed E-state index contributed by atoms with van der Waals surface area (Å²) in [6.45, 7) is 6.09. The van der Waals surface area contributed by atoms with Gasteiger partial charge in [-0.25, -0.2) is 4.79 Å². The number of thiazole rings is 1. The maximum atomic E-state index is 11.6. The third kappa shape index (κ3) is 5.42. The molecule has 2 heterocycles. The Morgan fingerprint density at radius 1 is 1.28 bits per heavy atom. The van der Waals surface area contributed by atoms with Crippen LogP contribution in [0.25, 0.3) is 16.2 Å². The monoisotopic (exact) mass is 361 g/mol. The highest BCUT2D eigenvalue weighted by atomic mass is 32.1. The molecule has 0 saturated heterocycles. The summed E-state index contributed by atoms with van der Waals surface area (Å²) in [5, 5.41) is 0. The fourth-order valence-corrected chi connectivity index (χ4v) is 2.71. The zero-order valence-electron chi connectivity index (χ0n) is 14.2. The molecule has 132 valence electrons. The van der Waals surface area contributed by atoms with Gasteiger partial charge in [-0.3, -0.25) is 9.78 Å². The average molecular weight is 361 g/mol. The number of hydrogen-bond donors (Lipinski definition) is 0. The van der Waals surface area contributed by atoms with E-state index in [1.807, 2.05) is 30.5 Å². The van der Waals surface area contributed by atoms with Crippen molar-refractivity contribution < 1.29 is 23.8 Å². The molecule has 0 N–H and O–H groups in total. The van der Waals surface area contributed by atoms with Crippen LogP contribution in [0.1, 0.15) is 26.3 Å². The number of aromatic nitrogens is 1. The molecule has 0 radical (unpaired) electrons. The van der Waals surface area contributed by atoms with Crippen molar-refractivity contribution in [1.29, 1.82) is 0 Å². The largest absolute Gasteiger partial charge is 0.468 e. The van der Waals surface area contributed by atoms with E-state index in [-0.39, 0.29) is 5.97 Å². The van der Waals surface area contributed by atoms with Crippen molar-refractivity contribution in [2.45, 2.75) is 26.6 Å². The number of carbonyl (C=O) groups excluding carboxylic acids is 2. The highest BCUT2D eigenvalue weighted by molar-refractivity contribution is 7.13. The average Bonchev–Trinajstić information content (AvgIpc) is 3.09. The minimum Gasteiger partial charge on any atom is -0.468 e. The molecule has 0 unspecified atom stereocenters. The van der Waals surface area contributed by atoms with E-state index < -0.39 is 5.79 Å². The van der Waals surface area contributed by atoms with Gasteiger partial charge in [-0.2, -0.15) is 0 Å². The van der Waals surface area contributed by atoms with Crippen molar-refractivity contribution in [2.24, 2.45) is 0 Å². The number of benzene rings is 1. The molecule has 0 saturated carbocycles. The Bertz CT molecular complexity index is 753. The standard InChI is InChI=1S/C15H13NO3S.C3H6O2/c1-15(2)18-12(7-14(17)19-15)10-4-3-5-11(6-10)13-8-16-9-20-13;1-2-5-3-4/h3-9H,1-2H3;3H,2H2,1H3. The Labute approximate surface area is 150 Å². The predicted octanol–water partition coefficient (Wildman–Crippen LogP) is 3.64. The van der Waals surface area contributed by atoms with E-state index in [4.69, 9.17) is 9.47 Å². The van der Waals surface area contributed by atoms with Crippen molar-refractivity contribution >= 4 is 29.5 Å². The Hall–Kier alpha value is -2.67. The highest BCUT2D eigenvalue weighted by Crippen LogP contribution is 2.31. The smallest absolute Gasteiger partial charge is 0.337 e. The van der Waals surface area contributed by atoms with Crippen LogP contribution < -0.4 is 0 Å². The number of cyclic esters (lactones) is 1. The summed E-state index contributed by atoms with van der Waals surface area (Å²) < 4.78 is 14.9. The van der Waals surface area contributed by atoms with Crippen molar-refractivity contribution in [3.63, 3.8) is 0 Å². The van der Waals surface area contributed by atoms with Crippen LogP contribution in [0, 0.1) is 0 Å². The predicted molar refractivity (Wildman–Crippen MR) is 94.5 cm³/mol. The molecule has 1 aromatic heterocycles. The van der Waals surface area contributed by atoms with Gasteiger partial charge in [0.2, 0.25) is 5.79 Å². The van der Waals surface area contributed by atoms with Gasteiger partial charge in [0.05, 0.1) is 23.1 Å². The third-order valence-corrected chi connectivity index (χ3v) is 3.87. The summed E-state index contributed by atoms with van der Waals surface area (Å²) in [6.07, 6.45) is 3.19. The normalized spacial score (nSPS) is 15.0. The van der Waals surface area contributed by atoms with Crippen molar-refractivity contribution in [1.82, 2.24) is 4.98 Å². The Morgan fingerprint density at radius 2 is 2.04 bits per heavy atom. The second kappa shape index (κ2) is 8.43. The molecule has 0 spiro atoms. The number of rotatable bonds is 4. The lowest BCUT2D eigenvalue weighted by Crippen LogP contribution is -2.33. The zero-order chi connectivity index (χ0) is 18.3. The second-order valence-corrected chi connectivity index (χ2v) is 6.32. The summed E-state index contributed by atoms with van der Waals surface area (Å²) in [6, 6.07) is 7.82. The number of ether oxygens (including phenoxy) is 3. The van der Waals surface area contributed by atoms with Gasteiger partial charge >= 0.3 is 5.97 Å². The summed E-state index contributed by atoms with van der Waals surface area (Å²) >= 11 is 1.57. The quantitative estimate of drug-likeness (QED) is 0.611. The van der Waals surface area contributed by atoms with Crippen molar-refractivity contribution in [3.8, 4) is 10.4 Å². The molecule has 1 aromatic carbocycles. The third-order valence-electron chi connectivity index (χ3n) is 3.05. The van der Waals surface area contributed by atoms with Gasteiger partial charge in [0, 0.05) is 25.6 Å². The van der Waals surface area contributed by atoms with Crippen molar-refractivity contribution in [2.75, 3.05) is 6.61 Å². The number of hydrogen-bond acceptors (Lipinski definition) is 7. The molecule has 25 heavy (non-hydrogen) atoms. The highest BCUT2D eigenvalue weighted by Gasteiger charge is 2.30. The van der Waals surface area contributed by atoms with Gasteiger partial charge in [0.25, 0.3) is 6.47 Å². The van der Waals surface area contributed by atoms with Crippen LogP contribution in [0.15, 0.2) is 42.0 Å².